The number of rotatable bonds is 6. The molecule has 2 aromatic rings. The zero-order valence-electron chi connectivity index (χ0n) is 12.7. The molecule has 0 aliphatic heterocycles. The Morgan fingerprint density at radius 1 is 1.13 bits per heavy atom. The van der Waals surface area contributed by atoms with Gasteiger partial charge in [-0.15, -0.1) is 11.8 Å². The van der Waals surface area contributed by atoms with E-state index in [0.29, 0.717) is 11.1 Å². The third kappa shape index (κ3) is 4.97. The number of nitrogens with one attached hydrogen (secondary N) is 1. The summed E-state index contributed by atoms with van der Waals surface area (Å²) in [5.74, 6) is -0.307. The zero-order valence-corrected chi connectivity index (χ0v) is 13.5. The van der Waals surface area contributed by atoms with Gasteiger partial charge in [-0.05, 0) is 31.2 Å². The third-order valence-corrected chi connectivity index (χ3v) is 4.30. The largest absolute Gasteiger partial charge is 0.348 e. The maximum absolute atomic E-state index is 12.1. The number of Topliss-reactive ketones (excluding diaryl/α,β-unsaturated/α-hetero) is 1. The van der Waals surface area contributed by atoms with Crippen LogP contribution in [0.4, 0.5) is 0 Å². The van der Waals surface area contributed by atoms with Gasteiger partial charge in [0, 0.05) is 10.5 Å². The lowest BCUT2D eigenvalue weighted by atomic mass is 10.1. The third-order valence-electron chi connectivity index (χ3n) is 3.18. The van der Waals surface area contributed by atoms with E-state index in [4.69, 9.17) is 5.26 Å². The second-order valence-electron chi connectivity index (χ2n) is 4.90. The van der Waals surface area contributed by atoms with Gasteiger partial charge in [0.2, 0.25) is 5.91 Å². The van der Waals surface area contributed by atoms with E-state index in [1.807, 2.05) is 18.2 Å². The van der Waals surface area contributed by atoms with Gasteiger partial charge in [-0.3, -0.25) is 9.59 Å². The van der Waals surface area contributed by atoms with Gasteiger partial charge >= 0.3 is 0 Å². The van der Waals surface area contributed by atoms with Crippen LogP contribution in [-0.2, 0) is 4.79 Å². The molecule has 0 spiro atoms. The maximum Gasteiger partial charge on any atom is 0.233 e. The summed E-state index contributed by atoms with van der Waals surface area (Å²) in [5.41, 5.74) is 1.17. The number of nitrogens with zero attached hydrogens (tertiary/aromatic N) is 1. The summed E-state index contributed by atoms with van der Waals surface area (Å²) in [6.07, 6.45) is 0. The minimum absolute atomic E-state index is 0.0128. The summed E-state index contributed by atoms with van der Waals surface area (Å²) in [5, 5.41) is 11.1. The first-order valence-electron chi connectivity index (χ1n) is 7.13. The van der Waals surface area contributed by atoms with Crippen LogP contribution in [0.15, 0.2) is 59.5 Å². The van der Waals surface area contributed by atoms with Gasteiger partial charge in [-0.25, -0.2) is 0 Å². The van der Waals surface area contributed by atoms with Crippen LogP contribution in [0.5, 0.6) is 0 Å². The van der Waals surface area contributed by atoms with Crippen LogP contribution >= 0.6 is 11.8 Å². The Balaban J connectivity index is 1.85. The second kappa shape index (κ2) is 8.16. The molecule has 0 aliphatic carbocycles. The number of nitriles is 1. The minimum atomic E-state index is -0.327. The molecule has 0 saturated carbocycles. The molecule has 1 N–H and O–H groups in total. The highest BCUT2D eigenvalue weighted by molar-refractivity contribution is 8.00. The van der Waals surface area contributed by atoms with Gasteiger partial charge in [0.15, 0.2) is 5.78 Å². The first kappa shape index (κ1) is 16.8. The van der Waals surface area contributed by atoms with Crippen molar-refractivity contribution in [2.45, 2.75) is 17.1 Å². The number of benzene rings is 2. The fourth-order valence-corrected chi connectivity index (χ4v) is 2.79. The molecule has 4 nitrogen and oxygen atoms in total. The predicted octanol–water partition coefficient (Wildman–Crippen LogP) is 3.04. The van der Waals surface area contributed by atoms with Gasteiger partial charge < -0.3 is 5.32 Å². The number of thioether (sulfide) groups is 1. The fraction of sp³-hybridized carbons (Fsp3) is 0.167. The van der Waals surface area contributed by atoms with Crippen LogP contribution < -0.4 is 5.32 Å². The Hall–Kier alpha value is -2.58. The first-order valence-corrected chi connectivity index (χ1v) is 8.01. The van der Waals surface area contributed by atoms with Gasteiger partial charge in [0.1, 0.15) is 0 Å². The van der Waals surface area contributed by atoms with Crippen LogP contribution in [0.25, 0.3) is 0 Å². The van der Waals surface area contributed by atoms with Crippen molar-refractivity contribution in [2.24, 2.45) is 0 Å². The van der Waals surface area contributed by atoms with E-state index in [-0.39, 0.29) is 23.5 Å². The molecule has 2 aromatic carbocycles. The number of carbonyl (C=O) groups excluding carboxylic acids is 2. The highest BCUT2D eigenvalue weighted by atomic mass is 32.2. The maximum atomic E-state index is 12.1. The molecule has 0 heterocycles. The number of ketones is 1. The van der Waals surface area contributed by atoms with Gasteiger partial charge in [0.05, 0.1) is 23.4 Å². The van der Waals surface area contributed by atoms with E-state index in [9.17, 15) is 9.59 Å². The molecule has 5 heteroatoms. The normalized spacial score (nSPS) is 11.3. The molecule has 0 unspecified atom stereocenters. The molecular formula is C18H16N2O2S. The van der Waals surface area contributed by atoms with Crippen LogP contribution in [0.2, 0.25) is 0 Å². The Kier molecular flexibility index (Phi) is 5.95. The zero-order chi connectivity index (χ0) is 16.7. The van der Waals surface area contributed by atoms with Crippen molar-refractivity contribution < 1.29 is 9.59 Å². The summed E-state index contributed by atoms with van der Waals surface area (Å²) < 4.78 is 0. The van der Waals surface area contributed by atoms with Crippen molar-refractivity contribution in [2.75, 3.05) is 6.54 Å². The molecule has 0 saturated heterocycles. The molecule has 23 heavy (non-hydrogen) atoms. The first-order chi connectivity index (χ1) is 11.1. The van der Waals surface area contributed by atoms with Crippen molar-refractivity contribution in [3.63, 3.8) is 0 Å². The summed E-state index contributed by atoms with van der Waals surface area (Å²) in [4.78, 5) is 24.9. The average molecular weight is 324 g/mol. The Morgan fingerprint density at radius 2 is 1.78 bits per heavy atom. The van der Waals surface area contributed by atoms with E-state index in [2.05, 4.69) is 11.4 Å². The second-order valence-corrected chi connectivity index (χ2v) is 6.32. The van der Waals surface area contributed by atoms with Crippen molar-refractivity contribution in [1.82, 2.24) is 5.32 Å². The molecule has 1 amide bonds. The molecule has 0 aromatic heterocycles. The molecule has 0 aliphatic rings. The lowest BCUT2D eigenvalue weighted by molar-refractivity contribution is -0.120. The molecule has 0 fully saturated rings. The highest BCUT2D eigenvalue weighted by Crippen LogP contribution is 2.23. The van der Waals surface area contributed by atoms with E-state index in [0.717, 1.165) is 4.90 Å². The molecule has 0 radical (unpaired) electrons. The summed E-state index contributed by atoms with van der Waals surface area (Å²) in [6.45, 7) is 1.77. The lowest BCUT2D eigenvalue weighted by Gasteiger charge is -2.11. The van der Waals surface area contributed by atoms with Crippen LogP contribution in [0.3, 0.4) is 0 Å². The lowest BCUT2D eigenvalue weighted by Crippen LogP contribution is -2.34. The van der Waals surface area contributed by atoms with Crippen LogP contribution in [0, 0.1) is 11.3 Å². The fourth-order valence-electron chi connectivity index (χ4n) is 1.90. The van der Waals surface area contributed by atoms with Gasteiger partial charge in [-0.1, -0.05) is 30.3 Å². The van der Waals surface area contributed by atoms with E-state index >= 15 is 0 Å². The smallest absolute Gasteiger partial charge is 0.233 e. The number of hydrogen-bond acceptors (Lipinski definition) is 4. The average Bonchev–Trinajstić information content (AvgIpc) is 2.60. The number of hydrogen-bond donors (Lipinski definition) is 1. The highest BCUT2D eigenvalue weighted by Gasteiger charge is 2.15. The molecule has 1 atom stereocenters. The molecule has 116 valence electrons. The van der Waals surface area contributed by atoms with Crippen LogP contribution in [0.1, 0.15) is 22.8 Å². The minimum Gasteiger partial charge on any atom is -0.348 e. The molecule has 2 rings (SSSR count). The summed E-state index contributed by atoms with van der Waals surface area (Å²) >= 11 is 1.39. The van der Waals surface area contributed by atoms with Crippen molar-refractivity contribution in [3.8, 4) is 6.07 Å². The van der Waals surface area contributed by atoms with Crippen LogP contribution in [-0.4, -0.2) is 23.5 Å². The van der Waals surface area contributed by atoms with Crippen molar-refractivity contribution >= 4 is 23.5 Å². The number of carbonyl (C=O) groups is 2. The van der Waals surface area contributed by atoms with Crippen molar-refractivity contribution in [3.05, 3.63) is 65.7 Å². The standard InChI is InChI=1S/C18H16N2O2S/c1-13(23-16-9-7-14(11-19)8-10-16)18(22)20-12-17(21)15-5-3-2-4-6-15/h2-10,13H,12H2,1H3,(H,20,22)/t13-/m1/s1. The Bertz CT molecular complexity index is 721. The summed E-state index contributed by atoms with van der Waals surface area (Å²) in [6, 6.07) is 18.0. The van der Waals surface area contributed by atoms with E-state index in [1.54, 1.807) is 43.3 Å². The SMILES string of the molecule is C[C@@H](Sc1ccc(C#N)cc1)C(=O)NCC(=O)c1ccccc1. The van der Waals surface area contributed by atoms with Gasteiger partial charge in [-0.2, -0.15) is 5.26 Å². The topological polar surface area (TPSA) is 70.0 Å². The Labute approximate surface area is 139 Å². The number of amides is 1. The Morgan fingerprint density at radius 3 is 2.39 bits per heavy atom. The summed E-state index contributed by atoms with van der Waals surface area (Å²) in [7, 11) is 0. The van der Waals surface area contributed by atoms with E-state index < -0.39 is 0 Å². The predicted molar refractivity (Wildman–Crippen MR) is 90.3 cm³/mol. The monoisotopic (exact) mass is 324 g/mol. The molecular weight excluding hydrogens is 308 g/mol. The van der Waals surface area contributed by atoms with Crippen molar-refractivity contribution in [1.29, 1.82) is 5.26 Å². The van der Waals surface area contributed by atoms with Gasteiger partial charge in [0.25, 0.3) is 0 Å². The molecule has 0 bridgehead atoms. The quantitative estimate of drug-likeness (QED) is 0.655. The van der Waals surface area contributed by atoms with E-state index in [1.165, 1.54) is 11.8 Å².